The molecular formula is C21H25N3O3S2. The molecule has 1 unspecified atom stereocenters. The van der Waals surface area contributed by atoms with Crippen molar-refractivity contribution in [1.82, 2.24) is 9.21 Å². The van der Waals surface area contributed by atoms with Crippen LogP contribution < -0.4 is 5.32 Å². The number of benzene rings is 2. The Morgan fingerprint density at radius 1 is 1.03 bits per heavy atom. The summed E-state index contributed by atoms with van der Waals surface area (Å²) in [5.41, 5.74) is 2.74. The average molecular weight is 432 g/mol. The van der Waals surface area contributed by atoms with Gasteiger partial charge >= 0.3 is 0 Å². The lowest BCUT2D eigenvalue weighted by Gasteiger charge is -2.26. The molecule has 0 spiro atoms. The average Bonchev–Trinajstić information content (AvgIpc) is 2.98. The van der Waals surface area contributed by atoms with Gasteiger partial charge in [-0.2, -0.15) is 4.31 Å². The molecule has 4 rings (SSSR count). The van der Waals surface area contributed by atoms with E-state index in [9.17, 15) is 13.2 Å². The SMILES string of the molecule is CC(=O)N1CCCN(S(=O)(=O)C(C)c2ccc3c(c2)Nc2ccccc2S3)CC1. The number of hydrogen-bond donors (Lipinski definition) is 1. The Labute approximate surface area is 176 Å². The second-order valence-electron chi connectivity index (χ2n) is 7.42. The Morgan fingerprint density at radius 2 is 1.79 bits per heavy atom. The molecule has 0 aromatic heterocycles. The smallest absolute Gasteiger partial charge is 0.220 e. The predicted octanol–water partition coefficient (Wildman–Crippen LogP) is 3.84. The number of anilines is 2. The van der Waals surface area contributed by atoms with Crippen LogP contribution in [-0.2, 0) is 14.8 Å². The number of nitrogens with one attached hydrogen (secondary N) is 1. The largest absolute Gasteiger partial charge is 0.354 e. The summed E-state index contributed by atoms with van der Waals surface area (Å²) in [7, 11) is -3.51. The Kier molecular flexibility index (Phi) is 5.59. The molecule has 2 aromatic rings. The van der Waals surface area contributed by atoms with Crippen molar-refractivity contribution in [3.05, 3.63) is 48.0 Å². The Bertz CT molecular complexity index is 1040. The van der Waals surface area contributed by atoms with Crippen molar-refractivity contribution in [2.45, 2.75) is 35.3 Å². The molecule has 29 heavy (non-hydrogen) atoms. The lowest BCUT2D eigenvalue weighted by atomic mass is 10.1. The molecular weight excluding hydrogens is 406 g/mol. The summed E-state index contributed by atoms with van der Waals surface area (Å²) in [6, 6.07) is 13.9. The zero-order valence-corrected chi connectivity index (χ0v) is 18.2. The van der Waals surface area contributed by atoms with Gasteiger partial charge in [-0.25, -0.2) is 8.42 Å². The molecule has 0 bridgehead atoms. The fraction of sp³-hybridized carbons (Fsp3) is 0.381. The number of amides is 1. The highest BCUT2D eigenvalue weighted by Gasteiger charge is 2.32. The Balaban J connectivity index is 1.55. The van der Waals surface area contributed by atoms with Crippen LogP contribution in [0.4, 0.5) is 11.4 Å². The number of carbonyl (C=O) groups is 1. The van der Waals surface area contributed by atoms with E-state index in [0.717, 1.165) is 26.7 Å². The lowest BCUT2D eigenvalue weighted by Crippen LogP contribution is -2.38. The first kappa shape index (κ1) is 20.3. The quantitative estimate of drug-likeness (QED) is 0.682. The molecule has 2 heterocycles. The van der Waals surface area contributed by atoms with E-state index in [1.54, 1.807) is 23.6 Å². The molecule has 0 aliphatic carbocycles. The molecule has 6 nitrogen and oxygen atoms in total. The zero-order chi connectivity index (χ0) is 20.6. The summed E-state index contributed by atoms with van der Waals surface area (Å²) in [6.45, 7) is 5.12. The lowest BCUT2D eigenvalue weighted by molar-refractivity contribution is -0.128. The van der Waals surface area contributed by atoms with Crippen LogP contribution in [0, 0.1) is 0 Å². The maximum atomic E-state index is 13.3. The first-order valence-corrected chi connectivity index (χ1v) is 12.1. The number of nitrogens with zero attached hydrogens (tertiary/aromatic N) is 2. The Morgan fingerprint density at radius 3 is 2.59 bits per heavy atom. The first-order chi connectivity index (χ1) is 13.9. The van der Waals surface area contributed by atoms with Crippen molar-refractivity contribution < 1.29 is 13.2 Å². The molecule has 8 heteroatoms. The van der Waals surface area contributed by atoms with E-state index in [4.69, 9.17) is 0 Å². The molecule has 2 aromatic carbocycles. The van der Waals surface area contributed by atoms with Crippen LogP contribution in [0.5, 0.6) is 0 Å². The third kappa shape index (κ3) is 4.01. The van der Waals surface area contributed by atoms with E-state index in [2.05, 4.69) is 11.4 Å². The predicted molar refractivity (Wildman–Crippen MR) is 116 cm³/mol. The summed E-state index contributed by atoms with van der Waals surface area (Å²) in [5.74, 6) is -0.00385. The van der Waals surface area contributed by atoms with Crippen molar-refractivity contribution in [3.63, 3.8) is 0 Å². The molecule has 0 saturated carbocycles. The highest BCUT2D eigenvalue weighted by molar-refractivity contribution is 7.99. The highest BCUT2D eigenvalue weighted by Crippen LogP contribution is 2.45. The van der Waals surface area contributed by atoms with E-state index >= 15 is 0 Å². The molecule has 1 atom stereocenters. The topological polar surface area (TPSA) is 69.7 Å². The minimum atomic E-state index is -3.51. The van der Waals surface area contributed by atoms with E-state index < -0.39 is 15.3 Å². The standard InChI is InChI=1S/C21H25N3O3S2/c1-15(29(26,27)24-11-5-10-23(12-13-24)16(2)25)17-8-9-21-19(14-17)22-18-6-3-4-7-20(18)28-21/h3-4,6-9,14-15,22H,5,10-13H2,1-2H3. The summed E-state index contributed by atoms with van der Waals surface area (Å²) < 4.78 is 28.1. The van der Waals surface area contributed by atoms with Crippen LogP contribution in [0.15, 0.2) is 52.3 Å². The van der Waals surface area contributed by atoms with Crippen LogP contribution >= 0.6 is 11.8 Å². The molecule has 1 fully saturated rings. The number of rotatable bonds is 3. The van der Waals surface area contributed by atoms with Gasteiger partial charge in [0.05, 0.1) is 16.6 Å². The van der Waals surface area contributed by atoms with Crippen molar-refractivity contribution in [3.8, 4) is 0 Å². The molecule has 0 radical (unpaired) electrons. The van der Waals surface area contributed by atoms with Crippen molar-refractivity contribution in [2.24, 2.45) is 0 Å². The maximum absolute atomic E-state index is 13.3. The number of fused-ring (bicyclic) bond motifs is 2. The fourth-order valence-corrected chi connectivity index (χ4v) is 6.39. The van der Waals surface area contributed by atoms with Crippen LogP contribution in [0.3, 0.4) is 0 Å². The van der Waals surface area contributed by atoms with Gasteiger partial charge in [-0.1, -0.05) is 30.0 Å². The monoisotopic (exact) mass is 431 g/mol. The number of sulfonamides is 1. The maximum Gasteiger partial charge on any atom is 0.220 e. The zero-order valence-electron chi connectivity index (χ0n) is 16.6. The summed E-state index contributed by atoms with van der Waals surface area (Å²) in [5, 5.41) is 2.77. The van der Waals surface area contributed by atoms with E-state index in [1.165, 1.54) is 11.2 Å². The van der Waals surface area contributed by atoms with Gasteiger partial charge in [0.15, 0.2) is 0 Å². The van der Waals surface area contributed by atoms with Crippen LogP contribution in [0.2, 0.25) is 0 Å². The molecule has 2 aliphatic rings. The van der Waals surface area contributed by atoms with Crippen LogP contribution in [0.25, 0.3) is 0 Å². The molecule has 1 amide bonds. The number of para-hydroxylation sites is 1. The summed E-state index contributed by atoms with van der Waals surface area (Å²) in [4.78, 5) is 15.6. The number of hydrogen-bond acceptors (Lipinski definition) is 5. The van der Waals surface area contributed by atoms with Gasteiger partial charge in [0.2, 0.25) is 15.9 Å². The number of carbonyl (C=O) groups excluding carboxylic acids is 1. The Hall–Kier alpha value is -2.03. The van der Waals surface area contributed by atoms with Gasteiger partial charge < -0.3 is 10.2 Å². The summed E-state index contributed by atoms with van der Waals surface area (Å²) in [6.07, 6.45) is 0.657. The van der Waals surface area contributed by atoms with Crippen molar-refractivity contribution >= 4 is 39.1 Å². The van der Waals surface area contributed by atoms with Crippen molar-refractivity contribution in [2.75, 3.05) is 31.5 Å². The third-order valence-corrected chi connectivity index (χ3v) is 8.96. The normalized spacial score (nSPS) is 18.2. The molecule has 2 aliphatic heterocycles. The van der Waals surface area contributed by atoms with E-state index in [1.807, 2.05) is 36.4 Å². The minimum absolute atomic E-state index is 0.00385. The van der Waals surface area contributed by atoms with Crippen molar-refractivity contribution in [1.29, 1.82) is 0 Å². The van der Waals surface area contributed by atoms with Gasteiger partial charge in [0.25, 0.3) is 0 Å². The molecule has 1 saturated heterocycles. The highest BCUT2D eigenvalue weighted by atomic mass is 32.2. The second kappa shape index (κ2) is 8.01. The van der Waals surface area contributed by atoms with Gasteiger partial charge in [-0.15, -0.1) is 0 Å². The van der Waals surface area contributed by atoms with E-state index in [0.29, 0.717) is 32.6 Å². The second-order valence-corrected chi connectivity index (χ2v) is 10.8. The molecule has 154 valence electrons. The molecule has 1 N–H and O–H groups in total. The minimum Gasteiger partial charge on any atom is -0.354 e. The van der Waals surface area contributed by atoms with E-state index in [-0.39, 0.29) is 5.91 Å². The van der Waals surface area contributed by atoms with Gasteiger partial charge in [-0.3, -0.25) is 4.79 Å². The van der Waals surface area contributed by atoms with Gasteiger partial charge in [0.1, 0.15) is 0 Å². The third-order valence-electron chi connectivity index (χ3n) is 5.56. The first-order valence-electron chi connectivity index (χ1n) is 9.78. The van der Waals surface area contributed by atoms with Crippen LogP contribution in [0.1, 0.15) is 31.1 Å². The fourth-order valence-electron chi connectivity index (χ4n) is 3.77. The van der Waals surface area contributed by atoms with Gasteiger partial charge in [0, 0.05) is 42.9 Å². The summed E-state index contributed by atoms with van der Waals surface area (Å²) >= 11 is 1.68. The van der Waals surface area contributed by atoms with Gasteiger partial charge in [-0.05, 0) is 43.2 Å². The van der Waals surface area contributed by atoms with Crippen LogP contribution in [-0.4, -0.2) is 49.7 Å².